The lowest BCUT2D eigenvalue weighted by Gasteiger charge is -2.30. The van der Waals surface area contributed by atoms with E-state index in [1.54, 1.807) is 48.5 Å². The van der Waals surface area contributed by atoms with Crippen LogP contribution in [0.2, 0.25) is 0 Å². The number of nitrogens with zero attached hydrogens (tertiary/aromatic N) is 4. The van der Waals surface area contributed by atoms with Crippen LogP contribution in [0.15, 0.2) is 94.2 Å². The number of carbonyl (C=O) groups excluding carboxylic acids is 2. The zero-order valence-electron chi connectivity index (χ0n) is 20.1. The number of aromatic nitrogens is 3. The van der Waals surface area contributed by atoms with Gasteiger partial charge in [0.1, 0.15) is 29.3 Å². The first-order chi connectivity index (χ1) is 18.1. The molecular weight excluding hydrogens is 474 g/mol. The molecule has 188 valence electrons. The Morgan fingerprint density at radius 1 is 1.03 bits per heavy atom. The van der Waals surface area contributed by atoms with E-state index >= 15 is 0 Å². The van der Waals surface area contributed by atoms with Gasteiger partial charge in [-0.1, -0.05) is 23.4 Å². The van der Waals surface area contributed by atoms with Gasteiger partial charge in [-0.2, -0.15) is 0 Å². The molecule has 0 saturated carbocycles. The van der Waals surface area contributed by atoms with Crippen molar-refractivity contribution in [2.45, 2.75) is 26.1 Å². The lowest BCUT2D eigenvalue weighted by molar-refractivity contribution is -0.127. The minimum absolute atomic E-state index is 0.151. The molecule has 1 atom stereocenters. The monoisotopic (exact) mass is 499 g/mol. The van der Waals surface area contributed by atoms with Crippen molar-refractivity contribution >= 4 is 28.5 Å². The van der Waals surface area contributed by atoms with Crippen molar-refractivity contribution < 1.29 is 23.2 Å². The summed E-state index contributed by atoms with van der Waals surface area (Å²) in [6.45, 7) is 2.33. The van der Waals surface area contributed by atoms with E-state index < -0.39 is 11.9 Å². The van der Waals surface area contributed by atoms with Gasteiger partial charge in [-0.15, -0.1) is 5.10 Å². The molecule has 5 aromatic rings. The van der Waals surface area contributed by atoms with Gasteiger partial charge in [0.25, 0.3) is 5.91 Å². The highest BCUT2D eigenvalue weighted by Gasteiger charge is 2.35. The van der Waals surface area contributed by atoms with Gasteiger partial charge in [-0.25, -0.2) is 4.68 Å². The third-order valence-corrected chi connectivity index (χ3v) is 5.72. The van der Waals surface area contributed by atoms with Gasteiger partial charge in [0, 0.05) is 11.8 Å². The fourth-order valence-corrected chi connectivity index (χ4v) is 4.07. The number of ether oxygens (including phenoxy) is 1. The highest BCUT2D eigenvalue weighted by molar-refractivity contribution is 6.01. The molecule has 2 amide bonds. The Kier molecular flexibility index (Phi) is 6.98. The molecule has 5 rings (SSSR count). The zero-order chi connectivity index (χ0) is 25.6. The number of benzene rings is 2. The largest absolute Gasteiger partial charge is 0.494 e. The molecule has 3 aromatic heterocycles. The molecule has 1 N–H and O–H groups in total. The van der Waals surface area contributed by atoms with Crippen molar-refractivity contribution in [2.24, 2.45) is 0 Å². The van der Waals surface area contributed by atoms with Crippen molar-refractivity contribution in [2.75, 3.05) is 11.5 Å². The van der Waals surface area contributed by atoms with Crippen LogP contribution in [0.3, 0.4) is 0 Å². The standard InChI is InChI=1S/C27H25N5O5/c1-2-35-20-9-5-8-19(16-20)32(25(33)18-31-23-12-4-3-11-22(23)29-30-31)26(24-13-7-15-37-24)27(34)28-17-21-10-6-14-36-21/h3-16,26H,2,17-18H2,1H3,(H,28,34). The number of hydrogen-bond acceptors (Lipinski definition) is 7. The average Bonchev–Trinajstić information content (AvgIpc) is 3.69. The van der Waals surface area contributed by atoms with E-state index in [1.165, 1.54) is 22.1 Å². The summed E-state index contributed by atoms with van der Waals surface area (Å²) in [6, 6.07) is 20.1. The molecule has 0 radical (unpaired) electrons. The van der Waals surface area contributed by atoms with Gasteiger partial charge in [0.2, 0.25) is 5.91 Å². The molecule has 3 heterocycles. The molecule has 0 aliphatic rings. The first-order valence-corrected chi connectivity index (χ1v) is 11.8. The van der Waals surface area contributed by atoms with Crippen LogP contribution < -0.4 is 15.0 Å². The van der Waals surface area contributed by atoms with Crippen LogP contribution in [-0.2, 0) is 22.7 Å². The highest BCUT2D eigenvalue weighted by atomic mass is 16.5. The Balaban J connectivity index is 1.53. The Labute approximate surface area is 212 Å². The summed E-state index contributed by atoms with van der Waals surface area (Å²) >= 11 is 0. The number of furan rings is 2. The molecule has 0 bridgehead atoms. The fourth-order valence-electron chi connectivity index (χ4n) is 4.07. The summed E-state index contributed by atoms with van der Waals surface area (Å²) in [4.78, 5) is 29.0. The third-order valence-electron chi connectivity index (χ3n) is 5.72. The zero-order valence-corrected chi connectivity index (χ0v) is 20.1. The van der Waals surface area contributed by atoms with Crippen LogP contribution in [0.25, 0.3) is 11.0 Å². The SMILES string of the molecule is CCOc1cccc(N(C(=O)Cn2nnc3ccccc32)C(C(=O)NCc2ccco2)c2ccco2)c1. The maximum atomic E-state index is 14.0. The average molecular weight is 500 g/mol. The summed E-state index contributed by atoms with van der Waals surface area (Å²) in [5.41, 5.74) is 1.84. The van der Waals surface area contributed by atoms with Gasteiger partial charge < -0.3 is 18.9 Å². The van der Waals surface area contributed by atoms with Crippen molar-refractivity contribution in [3.05, 3.63) is 96.8 Å². The van der Waals surface area contributed by atoms with Crippen LogP contribution in [-0.4, -0.2) is 33.4 Å². The molecule has 10 nitrogen and oxygen atoms in total. The molecular formula is C27H25N5O5. The Morgan fingerprint density at radius 3 is 2.65 bits per heavy atom. The number of hydrogen-bond donors (Lipinski definition) is 1. The number of rotatable bonds is 10. The lowest BCUT2D eigenvalue weighted by Crippen LogP contribution is -2.45. The van der Waals surface area contributed by atoms with Crippen molar-refractivity contribution in [1.82, 2.24) is 20.3 Å². The summed E-state index contributed by atoms with van der Waals surface area (Å²) in [7, 11) is 0. The van der Waals surface area contributed by atoms with Crippen LogP contribution in [0.5, 0.6) is 5.75 Å². The van der Waals surface area contributed by atoms with Crippen molar-refractivity contribution in [3.63, 3.8) is 0 Å². The van der Waals surface area contributed by atoms with Crippen molar-refractivity contribution in [3.8, 4) is 5.75 Å². The fraction of sp³-hybridized carbons (Fsp3) is 0.185. The molecule has 0 fully saturated rings. The topological polar surface area (TPSA) is 116 Å². The van der Waals surface area contributed by atoms with Crippen LogP contribution in [0.4, 0.5) is 5.69 Å². The minimum atomic E-state index is -1.11. The second kappa shape index (κ2) is 10.8. The Bertz CT molecular complexity index is 1480. The summed E-state index contributed by atoms with van der Waals surface area (Å²) in [5.74, 6) is 0.620. The van der Waals surface area contributed by atoms with Gasteiger partial charge in [-0.3, -0.25) is 14.5 Å². The van der Waals surface area contributed by atoms with Crippen LogP contribution in [0, 0.1) is 0 Å². The van der Waals surface area contributed by atoms with E-state index in [1.807, 2.05) is 31.2 Å². The van der Waals surface area contributed by atoms with Crippen LogP contribution in [0.1, 0.15) is 24.5 Å². The Morgan fingerprint density at radius 2 is 1.86 bits per heavy atom. The number of anilines is 1. The molecule has 37 heavy (non-hydrogen) atoms. The molecule has 0 aliphatic carbocycles. The second-order valence-electron chi connectivity index (χ2n) is 8.15. The first kappa shape index (κ1) is 23.9. The van der Waals surface area contributed by atoms with Gasteiger partial charge in [-0.05, 0) is 55.5 Å². The van der Waals surface area contributed by atoms with E-state index in [0.29, 0.717) is 40.6 Å². The van der Waals surface area contributed by atoms with Gasteiger partial charge in [0.15, 0.2) is 6.04 Å². The number of para-hydroxylation sites is 1. The third kappa shape index (κ3) is 5.22. The van der Waals surface area contributed by atoms with Gasteiger partial charge in [0.05, 0.1) is 31.2 Å². The van der Waals surface area contributed by atoms with Crippen LogP contribution >= 0.6 is 0 Å². The molecule has 0 saturated heterocycles. The molecule has 2 aromatic carbocycles. The second-order valence-corrected chi connectivity index (χ2v) is 8.15. The smallest absolute Gasteiger partial charge is 0.251 e. The van der Waals surface area contributed by atoms with E-state index in [9.17, 15) is 9.59 Å². The van der Waals surface area contributed by atoms with E-state index in [4.69, 9.17) is 13.6 Å². The maximum Gasteiger partial charge on any atom is 0.251 e. The van der Waals surface area contributed by atoms with E-state index in [0.717, 1.165) is 0 Å². The molecule has 0 aliphatic heterocycles. The highest BCUT2D eigenvalue weighted by Crippen LogP contribution is 2.31. The first-order valence-electron chi connectivity index (χ1n) is 11.8. The predicted molar refractivity (Wildman–Crippen MR) is 135 cm³/mol. The normalized spacial score (nSPS) is 11.8. The van der Waals surface area contributed by atoms with E-state index in [2.05, 4.69) is 15.6 Å². The van der Waals surface area contributed by atoms with Gasteiger partial charge >= 0.3 is 0 Å². The summed E-state index contributed by atoms with van der Waals surface area (Å²) < 4.78 is 18.2. The molecule has 1 unspecified atom stereocenters. The summed E-state index contributed by atoms with van der Waals surface area (Å²) in [5, 5.41) is 11.2. The Hall–Kier alpha value is -4.86. The maximum absolute atomic E-state index is 14.0. The summed E-state index contributed by atoms with van der Waals surface area (Å²) in [6.07, 6.45) is 3.00. The number of fused-ring (bicyclic) bond motifs is 1. The van der Waals surface area contributed by atoms with Crippen molar-refractivity contribution in [1.29, 1.82) is 0 Å². The molecule has 0 spiro atoms. The predicted octanol–water partition coefficient (Wildman–Crippen LogP) is 4.11. The quantitative estimate of drug-likeness (QED) is 0.307. The molecule has 10 heteroatoms. The lowest BCUT2D eigenvalue weighted by atomic mass is 10.1. The minimum Gasteiger partial charge on any atom is -0.494 e. The number of nitrogens with one attached hydrogen (secondary N) is 1. The number of carbonyl (C=O) groups is 2. The number of amides is 2. The van der Waals surface area contributed by atoms with E-state index in [-0.39, 0.29) is 19.0 Å².